The zero-order valence-electron chi connectivity index (χ0n) is 14.9. The Balaban J connectivity index is 1.62. The first kappa shape index (κ1) is 18.4. The maximum Gasteiger partial charge on any atom is 0.225 e. The number of aromatic nitrogens is 2. The highest BCUT2D eigenvalue weighted by atomic mass is 32.2. The van der Waals surface area contributed by atoms with Crippen LogP contribution in [0.5, 0.6) is 5.75 Å². The number of hydrogen-bond donors (Lipinski definition) is 1. The number of methoxy groups -OCH3 is 1. The highest BCUT2D eigenvalue weighted by Gasteiger charge is 2.31. The molecule has 7 nitrogen and oxygen atoms in total. The van der Waals surface area contributed by atoms with Gasteiger partial charge in [0.25, 0.3) is 0 Å². The molecule has 1 atom stereocenters. The number of benzene rings is 1. The topological polar surface area (TPSA) is 90.3 Å². The largest absolute Gasteiger partial charge is 0.497 e. The Morgan fingerprint density at radius 2 is 2.08 bits per heavy atom. The second kappa shape index (κ2) is 7.49. The molecule has 1 aliphatic rings. The van der Waals surface area contributed by atoms with Crippen molar-refractivity contribution in [1.29, 1.82) is 0 Å². The van der Waals surface area contributed by atoms with E-state index in [2.05, 4.69) is 10.4 Å². The second-order valence-electron chi connectivity index (χ2n) is 6.57. The molecule has 1 aromatic carbocycles. The number of rotatable bonds is 6. The van der Waals surface area contributed by atoms with E-state index in [0.29, 0.717) is 25.1 Å². The Kier molecular flexibility index (Phi) is 5.31. The van der Waals surface area contributed by atoms with Crippen LogP contribution in [0.3, 0.4) is 0 Å². The van der Waals surface area contributed by atoms with Crippen LogP contribution in [0.15, 0.2) is 30.3 Å². The number of nitrogens with one attached hydrogen (secondary N) is 1. The molecular formula is C18H23N3O4S. The van der Waals surface area contributed by atoms with E-state index in [1.54, 1.807) is 17.9 Å². The lowest BCUT2D eigenvalue weighted by Crippen LogP contribution is -2.19. The van der Waals surface area contributed by atoms with E-state index < -0.39 is 9.84 Å². The minimum absolute atomic E-state index is 0.0723. The van der Waals surface area contributed by atoms with Crippen LogP contribution in [0.2, 0.25) is 0 Å². The molecule has 0 radical (unpaired) electrons. The summed E-state index contributed by atoms with van der Waals surface area (Å²) in [6.07, 6.45) is 1.47. The minimum Gasteiger partial charge on any atom is -0.497 e. The van der Waals surface area contributed by atoms with Crippen molar-refractivity contribution in [3.8, 4) is 5.75 Å². The van der Waals surface area contributed by atoms with Crippen molar-refractivity contribution >= 4 is 21.6 Å². The van der Waals surface area contributed by atoms with Gasteiger partial charge >= 0.3 is 0 Å². The molecule has 1 amide bonds. The predicted octanol–water partition coefficient (Wildman–Crippen LogP) is 2.13. The van der Waals surface area contributed by atoms with Crippen molar-refractivity contribution in [2.24, 2.45) is 0 Å². The SMILES string of the molecule is COc1ccc(CCC(=O)Nc2cc(C)nn2C2CCS(=O)(=O)C2)cc1. The van der Waals surface area contributed by atoms with Gasteiger partial charge in [0.1, 0.15) is 11.6 Å². The summed E-state index contributed by atoms with van der Waals surface area (Å²) in [5.41, 5.74) is 1.80. The molecule has 140 valence electrons. The Morgan fingerprint density at radius 3 is 2.69 bits per heavy atom. The molecular weight excluding hydrogens is 354 g/mol. The Morgan fingerprint density at radius 1 is 1.35 bits per heavy atom. The average molecular weight is 377 g/mol. The molecule has 0 aliphatic carbocycles. The second-order valence-corrected chi connectivity index (χ2v) is 8.80. The maximum atomic E-state index is 12.3. The van der Waals surface area contributed by atoms with Crippen molar-refractivity contribution in [2.45, 2.75) is 32.2 Å². The fraction of sp³-hybridized carbons (Fsp3) is 0.444. The van der Waals surface area contributed by atoms with Gasteiger partial charge in [0.2, 0.25) is 5.91 Å². The van der Waals surface area contributed by atoms with Gasteiger partial charge in [-0.15, -0.1) is 0 Å². The number of amides is 1. The van der Waals surface area contributed by atoms with Crippen molar-refractivity contribution in [2.75, 3.05) is 23.9 Å². The third-order valence-corrected chi connectivity index (χ3v) is 6.23. The molecule has 2 aromatic rings. The monoisotopic (exact) mass is 377 g/mol. The van der Waals surface area contributed by atoms with Crippen LogP contribution in [0.25, 0.3) is 0 Å². The van der Waals surface area contributed by atoms with Gasteiger partial charge in [-0.25, -0.2) is 13.1 Å². The summed E-state index contributed by atoms with van der Waals surface area (Å²) in [7, 11) is -1.40. The molecule has 8 heteroatoms. The van der Waals surface area contributed by atoms with Gasteiger partial charge in [-0.1, -0.05) is 12.1 Å². The summed E-state index contributed by atoms with van der Waals surface area (Å²) in [5.74, 6) is 1.46. The number of anilines is 1. The Bertz CT molecular complexity index is 888. The number of nitrogens with zero attached hydrogens (tertiary/aromatic N) is 2. The lowest BCUT2D eigenvalue weighted by molar-refractivity contribution is -0.116. The van der Waals surface area contributed by atoms with Crippen molar-refractivity contribution in [3.05, 3.63) is 41.6 Å². The molecule has 0 spiro atoms. The molecule has 2 heterocycles. The first-order valence-corrected chi connectivity index (χ1v) is 10.4. The number of ether oxygens (including phenoxy) is 1. The van der Waals surface area contributed by atoms with Gasteiger partial charge in [-0.05, 0) is 37.5 Å². The third-order valence-electron chi connectivity index (χ3n) is 4.48. The summed E-state index contributed by atoms with van der Waals surface area (Å²) in [5, 5.41) is 7.24. The van der Waals surface area contributed by atoms with Gasteiger partial charge in [0.15, 0.2) is 9.84 Å². The van der Waals surface area contributed by atoms with Crippen LogP contribution >= 0.6 is 0 Å². The number of sulfone groups is 1. The summed E-state index contributed by atoms with van der Waals surface area (Å²) in [6, 6.07) is 9.16. The quantitative estimate of drug-likeness (QED) is 0.833. The maximum absolute atomic E-state index is 12.3. The van der Waals surface area contributed by atoms with E-state index in [4.69, 9.17) is 4.74 Å². The molecule has 1 N–H and O–H groups in total. The highest BCUT2D eigenvalue weighted by Crippen LogP contribution is 2.27. The Labute approximate surface area is 153 Å². The zero-order valence-corrected chi connectivity index (χ0v) is 15.8. The zero-order chi connectivity index (χ0) is 18.7. The molecule has 0 bridgehead atoms. The van der Waals surface area contributed by atoms with E-state index in [1.807, 2.05) is 31.2 Å². The molecule has 3 rings (SSSR count). The molecule has 1 unspecified atom stereocenters. The van der Waals surface area contributed by atoms with Crippen LogP contribution in [-0.4, -0.2) is 42.7 Å². The minimum atomic E-state index is -3.02. The first-order chi connectivity index (χ1) is 12.4. The normalized spacial score (nSPS) is 18.6. The lowest BCUT2D eigenvalue weighted by Gasteiger charge is -2.13. The molecule has 1 saturated heterocycles. The average Bonchev–Trinajstić information content (AvgIpc) is 3.15. The van der Waals surface area contributed by atoms with Crippen LogP contribution in [-0.2, 0) is 21.1 Å². The lowest BCUT2D eigenvalue weighted by atomic mass is 10.1. The van der Waals surface area contributed by atoms with E-state index >= 15 is 0 Å². The molecule has 26 heavy (non-hydrogen) atoms. The Hall–Kier alpha value is -2.35. The molecule has 1 fully saturated rings. The smallest absolute Gasteiger partial charge is 0.225 e. The van der Waals surface area contributed by atoms with Crippen LogP contribution in [0.4, 0.5) is 5.82 Å². The molecule has 1 aliphatic heterocycles. The number of carbonyl (C=O) groups is 1. The van der Waals surface area contributed by atoms with Gasteiger partial charge in [-0.2, -0.15) is 5.10 Å². The van der Waals surface area contributed by atoms with Crippen LogP contribution in [0, 0.1) is 6.92 Å². The first-order valence-electron chi connectivity index (χ1n) is 8.55. The van der Waals surface area contributed by atoms with Gasteiger partial charge < -0.3 is 10.1 Å². The van der Waals surface area contributed by atoms with Crippen LogP contribution < -0.4 is 10.1 Å². The van der Waals surface area contributed by atoms with Gasteiger partial charge in [-0.3, -0.25) is 4.79 Å². The van der Waals surface area contributed by atoms with Gasteiger partial charge in [0.05, 0.1) is 30.4 Å². The van der Waals surface area contributed by atoms with E-state index in [0.717, 1.165) is 17.0 Å². The number of aryl methyl sites for hydroxylation is 2. The van der Waals surface area contributed by atoms with Crippen LogP contribution in [0.1, 0.15) is 30.1 Å². The van der Waals surface area contributed by atoms with Crippen molar-refractivity contribution in [3.63, 3.8) is 0 Å². The highest BCUT2D eigenvalue weighted by molar-refractivity contribution is 7.91. The molecule has 0 saturated carbocycles. The summed E-state index contributed by atoms with van der Waals surface area (Å²) < 4.78 is 30.2. The van der Waals surface area contributed by atoms with E-state index in [1.165, 1.54) is 0 Å². The number of hydrogen-bond acceptors (Lipinski definition) is 5. The summed E-state index contributed by atoms with van der Waals surface area (Å²) in [6.45, 7) is 1.83. The fourth-order valence-electron chi connectivity index (χ4n) is 3.11. The molecule has 1 aromatic heterocycles. The van der Waals surface area contributed by atoms with Crippen molar-refractivity contribution < 1.29 is 17.9 Å². The summed E-state index contributed by atoms with van der Waals surface area (Å²) in [4.78, 5) is 12.3. The predicted molar refractivity (Wildman–Crippen MR) is 99.2 cm³/mol. The number of carbonyl (C=O) groups excluding carboxylic acids is 1. The van der Waals surface area contributed by atoms with E-state index in [9.17, 15) is 13.2 Å². The standard InChI is InChI=1S/C18H23N3O4S/c1-13-11-17(21(20-13)15-9-10-26(23,24)12-15)19-18(22)8-5-14-3-6-16(25-2)7-4-14/h3-4,6-7,11,15H,5,8-10,12H2,1-2H3,(H,19,22). The third kappa shape index (κ3) is 4.43. The van der Waals surface area contributed by atoms with Gasteiger partial charge in [0, 0.05) is 12.5 Å². The summed E-state index contributed by atoms with van der Waals surface area (Å²) >= 11 is 0. The van der Waals surface area contributed by atoms with E-state index in [-0.39, 0.29) is 23.5 Å². The fourth-order valence-corrected chi connectivity index (χ4v) is 4.80. The van der Waals surface area contributed by atoms with Crippen molar-refractivity contribution in [1.82, 2.24) is 9.78 Å².